The number of amides is 3. The first-order valence-electron chi connectivity index (χ1n) is 22.9. The van der Waals surface area contributed by atoms with Crippen molar-refractivity contribution in [1.29, 1.82) is 0 Å². The average Bonchev–Trinajstić information content (AvgIpc) is 3.78. The van der Waals surface area contributed by atoms with Gasteiger partial charge in [-0.2, -0.15) is 5.11 Å². The zero-order valence-electron chi connectivity index (χ0n) is 38.6. The number of azo groups is 1. The SMILES string of the molecule is Cc1cc(C(=O)CC2CCC(NC(=O)OC(C)(C)C)CC2)ccc1-c1ccc(C[C@H](CC(=O)C2CCC(CNC(=O)OC(C)(C)C)CC2)C(=O)Nc2ccc(C3=NCN=N3)cc2)cc1. The fourth-order valence-electron chi connectivity index (χ4n) is 8.85. The summed E-state index contributed by atoms with van der Waals surface area (Å²) in [5.41, 5.74) is 4.97. The Morgan fingerprint density at radius 3 is 1.97 bits per heavy atom. The summed E-state index contributed by atoms with van der Waals surface area (Å²) in [6, 6.07) is 21.4. The Labute approximate surface area is 378 Å². The third-order valence-corrected chi connectivity index (χ3v) is 12.3. The molecule has 1 heterocycles. The van der Waals surface area contributed by atoms with E-state index in [1.165, 1.54) is 0 Å². The van der Waals surface area contributed by atoms with Gasteiger partial charge in [-0.25, -0.2) is 14.6 Å². The average molecular weight is 875 g/mol. The minimum Gasteiger partial charge on any atom is -0.444 e. The molecule has 2 fully saturated rings. The Hall–Kier alpha value is -5.72. The summed E-state index contributed by atoms with van der Waals surface area (Å²) in [6.07, 6.45) is 6.61. The van der Waals surface area contributed by atoms with E-state index in [9.17, 15) is 24.0 Å². The molecular formula is C51H66N6O7. The van der Waals surface area contributed by atoms with E-state index in [4.69, 9.17) is 9.47 Å². The highest BCUT2D eigenvalue weighted by Gasteiger charge is 2.31. The number of ketones is 2. The van der Waals surface area contributed by atoms with Gasteiger partial charge in [-0.1, -0.05) is 36.4 Å². The topological polar surface area (TPSA) is 177 Å². The number of amidine groups is 1. The smallest absolute Gasteiger partial charge is 0.407 e. The largest absolute Gasteiger partial charge is 0.444 e. The van der Waals surface area contributed by atoms with Crippen LogP contribution in [0.4, 0.5) is 15.3 Å². The van der Waals surface area contributed by atoms with Gasteiger partial charge in [0.05, 0.1) is 0 Å². The first-order valence-corrected chi connectivity index (χ1v) is 22.9. The highest BCUT2D eigenvalue weighted by molar-refractivity contribution is 6.01. The lowest BCUT2D eigenvalue weighted by molar-refractivity contribution is -0.129. The highest BCUT2D eigenvalue weighted by Crippen LogP contribution is 2.33. The van der Waals surface area contributed by atoms with E-state index < -0.39 is 29.3 Å². The van der Waals surface area contributed by atoms with Crippen molar-refractivity contribution < 1.29 is 33.4 Å². The van der Waals surface area contributed by atoms with E-state index >= 15 is 0 Å². The number of hydrogen-bond donors (Lipinski definition) is 3. The van der Waals surface area contributed by atoms with Crippen molar-refractivity contribution in [2.24, 2.45) is 38.9 Å². The molecule has 0 aromatic heterocycles. The number of nitrogens with zero attached hydrogens (tertiary/aromatic N) is 3. The predicted octanol–water partition coefficient (Wildman–Crippen LogP) is 10.6. The monoisotopic (exact) mass is 874 g/mol. The molecule has 3 aromatic carbocycles. The van der Waals surface area contributed by atoms with Gasteiger partial charge in [-0.15, -0.1) is 5.11 Å². The molecule has 13 nitrogen and oxygen atoms in total. The number of carbonyl (C=O) groups is 5. The maximum atomic E-state index is 14.0. The fraction of sp³-hybridized carbons (Fsp3) is 0.529. The lowest BCUT2D eigenvalue weighted by Crippen LogP contribution is -2.41. The Morgan fingerprint density at radius 1 is 0.734 bits per heavy atom. The molecule has 3 N–H and O–H groups in total. The second-order valence-electron chi connectivity index (χ2n) is 19.8. The number of aliphatic imine (C=N–C) groups is 1. The van der Waals surface area contributed by atoms with Crippen molar-refractivity contribution in [3.8, 4) is 11.1 Å². The quantitative estimate of drug-likeness (QED) is 0.127. The van der Waals surface area contributed by atoms with Crippen LogP contribution in [0.25, 0.3) is 11.1 Å². The number of ether oxygens (including phenoxy) is 2. The number of alkyl carbamates (subject to hydrolysis) is 2. The number of anilines is 1. The van der Waals surface area contributed by atoms with Gasteiger partial charge in [0.15, 0.2) is 18.3 Å². The minimum absolute atomic E-state index is 0.0632. The first-order chi connectivity index (χ1) is 30.4. The van der Waals surface area contributed by atoms with Gasteiger partial charge in [0.2, 0.25) is 5.91 Å². The van der Waals surface area contributed by atoms with Crippen molar-refractivity contribution in [3.05, 3.63) is 89.0 Å². The molecule has 0 bridgehead atoms. The summed E-state index contributed by atoms with van der Waals surface area (Å²) in [5, 5.41) is 16.9. The third kappa shape index (κ3) is 14.4. The van der Waals surface area contributed by atoms with E-state index in [1.807, 2.05) is 115 Å². The summed E-state index contributed by atoms with van der Waals surface area (Å²) in [4.78, 5) is 70.0. The van der Waals surface area contributed by atoms with Crippen molar-refractivity contribution in [2.75, 3.05) is 18.5 Å². The number of Topliss-reactive ketones (excluding diaryl/α,β-unsaturated/α-hetero) is 2. The van der Waals surface area contributed by atoms with E-state index in [2.05, 4.69) is 31.2 Å². The first kappa shape index (κ1) is 47.8. The molecule has 6 rings (SSSR count). The van der Waals surface area contributed by atoms with Gasteiger partial charge >= 0.3 is 12.2 Å². The van der Waals surface area contributed by atoms with Gasteiger partial charge in [0.25, 0.3) is 0 Å². The van der Waals surface area contributed by atoms with Crippen LogP contribution in [0.3, 0.4) is 0 Å². The normalized spacial score (nSPS) is 20.4. The fourth-order valence-corrected chi connectivity index (χ4v) is 8.85. The van der Waals surface area contributed by atoms with E-state index in [1.54, 1.807) is 0 Å². The zero-order valence-corrected chi connectivity index (χ0v) is 38.6. The molecule has 3 aromatic rings. The third-order valence-electron chi connectivity index (χ3n) is 12.3. The molecule has 64 heavy (non-hydrogen) atoms. The second-order valence-corrected chi connectivity index (χ2v) is 19.8. The standard InChI is InChI=1S/C51H66N6O7/c1-32-26-39(44(58)28-34-12-21-42(22-13-34)56-49(62)64-51(5,6)7)20-25-43(32)36-14-8-33(9-15-36)27-40(47(60)55-41-23-18-38(19-24-41)46-53-31-54-57-46)29-45(59)37-16-10-35(11-17-37)30-52-48(61)63-50(2,3)4/h8-9,14-15,18-20,23-26,34-35,37,40,42H,10-13,16-17,21-22,27-31H2,1-7H3,(H,52,61)(H,55,60)(H,56,62)/t34?,35?,37?,40-,42?/m1/s1. The Balaban J connectivity index is 1.06. The van der Waals surface area contributed by atoms with Crippen LogP contribution in [0.1, 0.15) is 133 Å². The van der Waals surface area contributed by atoms with Crippen LogP contribution in [0.2, 0.25) is 0 Å². The Kier molecular flexibility index (Phi) is 15.9. The van der Waals surface area contributed by atoms with Crippen molar-refractivity contribution >= 4 is 41.2 Å². The lowest BCUT2D eigenvalue weighted by Gasteiger charge is -2.29. The molecule has 13 heteroatoms. The molecular weight excluding hydrogens is 809 g/mol. The summed E-state index contributed by atoms with van der Waals surface area (Å²) in [7, 11) is 0. The van der Waals surface area contributed by atoms with Gasteiger partial charge in [-0.3, -0.25) is 14.4 Å². The molecule has 1 aliphatic heterocycles. The molecule has 2 saturated carbocycles. The van der Waals surface area contributed by atoms with E-state index in [0.29, 0.717) is 56.0 Å². The zero-order chi connectivity index (χ0) is 46.0. The summed E-state index contributed by atoms with van der Waals surface area (Å²) < 4.78 is 10.8. The van der Waals surface area contributed by atoms with Crippen molar-refractivity contribution in [3.63, 3.8) is 0 Å². The van der Waals surface area contributed by atoms with Crippen molar-refractivity contribution in [2.45, 2.75) is 136 Å². The second kappa shape index (κ2) is 21.3. The number of rotatable bonds is 15. The number of hydrogen-bond acceptors (Lipinski definition) is 10. The molecule has 2 aliphatic carbocycles. The number of benzene rings is 3. The summed E-state index contributed by atoms with van der Waals surface area (Å²) in [5.74, 6) is 0.351. The summed E-state index contributed by atoms with van der Waals surface area (Å²) in [6.45, 7) is 13.9. The number of nitrogens with one attached hydrogen (secondary N) is 3. The predicted molar refractivity (Wildman–Crippen MR) is 249 cm³/mol. The number of carbonyl (C=O) groups excluding carboxylic acids is 5. The maximum Gasteiger partial charge on any atom is 0.407 e. The molecule has 3 aliphatic rings. The van der Waals surface area contributed by atoms with Crippen LogP contribution < -0.4 is 16.0 Å². The molecule has 3 amide bonds. The lowest BCUT2D eigenvalue weighted by atomic mass is 9.77. The molecule has 0 radical (unpaired) electrons. The number of aryl methyl sites for hydroxylation is 1. The van der Waals surface area contributed by atoms with Crippen LogP contribution in [0.5, 0.6) is 0 Å². The van der Waals surface area contributed by atoms with E-state index in [0.717, 1.165) is 66.3 Å². The van der Waals surface area contributed by atoms with Crippen LogP contribution in [0, 0.1) is 30.6 Å². The molecule has 0 unspecified atom stereocenters. The molecule has 342 valence electrons. The molecule has 0 spiro atoms. The van der Waals surface area contributed by atoms with Crippen molar-refractivity contribution in [1.82, 2.24) is 10.6 Å². The van der Waals surface area contributed by atoms with Gasteiger partial charge in [0, 0.05) is 54.1 Å². The van der Waals surface area contributed by atoms with E-state index in [-0.39, 0.29) is 47.7 Å². The Morgan fingerprint density at radius 2 is 1.36 bits per heavy atom. The highest BCUT2D eigenvalue weighted by atomic mass is 16.6. The van der Waals surface area contributed by atoms with Crippen LogP contribution in [-0.4, -0.2) is 66.0 Å². The van der Waals surface area contributed by atoms with Gasteiger partial charge in [0.1, 0.15) is 17.0 Å². The molecule has 1 atom stereocenters. The van der Waals surface area contributed by atoms with Gasteiger partial charge in [-0.05, 0) is 171 Å². The Bertz CT molecular complexity index is 2190. The molecule has 0 saturated heterocycles. The maximum absolute atomic E-state index is 14.0. The van der Waals surface area contributed by atoms with Crippen LogP contribution >= 0.6 is 0 Å². The van der Waals surface area contributed by atoms with Gasteiger partial charge < -0.3 is 25.4 Å². The summed E-state index contributed by atoms with van der Waals surface area (Å²) >= 11 is 0. The van der Waals surface area contributed by atoms with Crippen LogP contribution in [-0.2, 0) is 25.5 Å². The minimum atomic E-state index is -0.596. The van der Waals surface area contributed by atoms with Crippen LogP contribution in [0.15, 0.2) is 82.0 Å².